The summed E-state index contributed by atoms with van der Waals surface area (Å²) in [6.07, 6.45) is 4.73. The summed E-state index contributed by atoms with van der Waals surface area (Å²) in [5, 5.41) is 1.04. The van der Waals surface area contributed by atoms with Crippen molar-refractivity contribution in [2.45, 2.75) is 25.7 Å². The number of hydrogen-bond acceptors (Lipinski definition) is 7. The van der Waals surface area contributed by atoms with Crippen LogP contribution in [0.25, 0.3) is 22.3 Å². The second kappa shape index (κ2) is 8.33. The zero-order valence-corrected chi connectivity index (χ0v) is 18.9. The molecule has 2 aliphatic rings. The summed E-state index contributed by atoms with van der Waals surface area (Å²) in [6, 6.07) is 7.73. The Morgan fingerprint density at radius 3 is 2.28 bits per heavy atom. The number of carbonyl (C=O) groups is 1. The number of anilines is 2. The highest BCUT2D eigenvalue weighted by atomic mass is 16.5. The van der Waals surface area contributed by atoms with Gasteiger partial charge in [-0.1, -0.05) is 0 Å². The zero-order valence-electron chi connectivity index (χ0n) is 18.9. The van der Waals surface area contributed by atoms with Crippen LogP contribution in [0.5, 0.6) is 5.75 Å². The highest BCUT2D eigenvalue weighted by Crippen LogP contribution is 2.36. The van der Waals surface area contributed by atoms with Crippen molar-refractivity contribution in [2.24, 2.45) is 7.05 Å². The number of esters is 1. The van der Waals surface area contributed by atoms with E-state index in [2.05, 4.69) is 20.4 Å². The normalized spacial score (nSPS) is 16.2. The molecular formula is C24H29N5O3. The predicted octanol–water partition coefficient (Wildman–Crippen LogP) is 3.63. The van der Waals surface area contributed by atoms with E-state index in [9.17, 15) is 4.79 Å². The molecule has 0 unspecified atom stereocenters. The van der Waals surface area contributed by atoms with Gasteiger partial charge in [0.05, 0.1) is 25.3 Å². The maximum atomic E-state index is 12.3. The Labute approximate surface area is 187 Å². The summed E-state index contributed by atoms with van der Waals surface area (Å²) in [4.78, 5) is 27.0. The highest BCUT2D eigenvalue weighted by molar-refractivity contribution is 5.97. The lowest BCUT2D eigenvalue weighted by molar-refractivity contribution is 0.0597. The first-order chi connectivity index (χ1) is 15.6. The SMILES string of the molecule is COC(=O)c1cc(-c2cc3c(N4CCCC4)nc(N4CCCC4)nc3n2C)ccc1OC. The fourth-order valence-corrected chi connectivity index (χ4v) is 4.81. The molecule has 2 aliphatic heterocycles. The van der Waals surface area contributed by atoms with Crippen LogP contribution in [0.4, 0.5) is 11.8 Å². The minimum atomic E-state index is -0.420. The Morgan fingerprint density at radius 1 is 0.938 bits per heavy atom. The molecule has 8 heteroatoms. The van der Waals surface area contributed by atoms with Crippen molar-refractivity contribution in [2.75, 3.05) is 50.2 Å². The first-order valence-electron chi connectivity index (χ1n) is 11.2. The lowest BCUT2D eigenvalue weighted by atomic mass is 10.1. The van der Waals surface area contributed by atoms with E-state index < -0.39 is 5.97 Å². The molecule has 3 aromatic rings. The van der Waals surface area contributed by atoms with Gasteiger partial charge in [0, 0.05) is 33.2 Å². The van der Waals surface area contributed by atoms with Gasteiger partial charge in [0.25, 0.3) is 0 Å². The summed E-state index contributed by atoms with van der Waals surface area (Å²) in [5.74, 6) is 1.90. The quantitative estimate of drug-likeness (QED) is 0.567. The number of methoxy groups -OCH3 is 2. The largest absolute Gasteiger partial charge is 0.496 e. The Hall–Kier alpha value is -3.29. The van der Waals surface area contributed by atoms with Crippen LogP contribution in [-0.2, 0) is 11.8 Å². The summed E-state index contributed by atoms with van der Waals surface area (Å²) >= 11 is 0. The van der Waals surface area contributed by atoms with E-state index >= 15 is 0 Å². The van der Waals surface area contributed by atoms with Crippen molar-refractivity contribution in [1.29, 1.82) is 0 Å². The van der Waals surface area contributed by atoms with Crippen molar-refractivity contribution in [3.05, 3.63) is 29.8 Å². The average molecular weight is 436 g/mol. The van der Waals surface area contributed by atoms with Crippen LogP contribution in [0.3, 0.4) is 0 Å². The number of aromatic nitrogens is 3. The van der Waals surface area contributed by atoms with E-state index in [4.69, 9.17) is 19.4 Å². The molecule has 0 radical (unpaired) electrons. The van der Waals surface area contributed by atoms with Crippen molar-refractivity contribution in [3.8, 4) is 17.0 Å². The van der Waals surface area contributed by atoms with E-state index in [-0.39, 0.29) is 0 Å². The number of ether oxygens (including phenoxy) is 2. The minimum Gasteiger partial charge on any atom is -0.496 e. The summed E-state index contributed by atoms with van der Waals surface area (Å²) in [7, 11) is 4.95. The van der Waals surface area contributed by atoms with E-state index in [1.165, 1.54) is 32.8 Å². The fraction of sp³-hybridized carbons (Fsp3) is 0.458. The monoisotopic (exact) mass is 435 g/mol. The number of nitrogens with zero attached hydrogens (tertiary/aromatic N) is 5. The first-order valence-corrected chi connectivity index (χ1v) is 11.2. The number of carbonyl (C=O) groups excluding carboxylic acids is 1. The standard InChI is InChI=1S/C24H29N5O3/c1-27-19(16-8-9-20(31-2)17(14-16)23(30)32-3)15-18-21(27)25-24(29-12-6-7-13-29)26-22(18)28-10-4-5-11-28/h8-9,14-15H,4-7,10-13H2,1-3H3. The number of aryl methyl sites for hydroxylation is 1. The van der Waals surface area contributed by atoms with E-state index in [0.29, 0.717) is 11.3 Å². The van der Waals surface area contributed by atoms with Gasteiger partial charge in [-0.05, 0) is 55.5 Å². The Morgan fingerprint density at radius 2 is 1.62 bits per heavy atom. The maximum absolute atomic E-state index is 12.3. The molecule has 0 N–H and O–H groups in total. The molecule has 0 amide bonds. The predicted molar refractivity (Wildman–Crippen MR) is 125 cm³/mol. The summed E-state index contributed by atoms with van der Waals surface area (Å²) in [5.41, 5.74) is 3.19. The Balaban J connectivity index is 1.67. The van der Waals surface area contributed by atoms with Gasteiger partial charge in [-0.2, -0.15) is 9.97 Å². The molecule has 8 nitrogen and oxygen atoms in total. The van der Waals surface area contributed by atoms with Gasteiger partial charge in [-0.25, -0.2) is 4.79 Å². The third-order valence-corrected chi connectivity index (χ3v) is 6.55. The van der Waals surface area contributed by atoms with Crippen LogP contribution in [-0.4, -0.2) is 60.9 Å². The van der Waals surface area contributed by atoms with Crippen LogP contribution in [0.15, 0.2) is 24.3 Å². The molecular weight excluding hydrogens is 406 g/mol. The van der Waals surface area contributed by atoms with E-state index in [1.54, 1.807) is 7.11 Å². The molecule has 1 aromatic carbocycles. The van der Waals surface area contributed by atoms with Crippen molar-refractivity contribution >= 4 is 28.8 Å². The molecule has 0 aliphatic carbocycles. The van der Waals surface area contributed by atoms with Gasteiger partial charge < -0.3 is 23.8 Å². The molecule has 2 saturated heterocycles. The Bertz CT molecular complexity index is 1160. The van der Waals surface area contributed by atoms with Gasteiger partial charge in [-0.3, -0.25) is 0 Å². The number of hydrogen-bond donors (Lipinski definition) is 0. The third-order valence-electron chi connectivity index (χ3n) is 6.55. The van der Waals surface area contributed by atoms with Gasteiger partial charge in [0.15, 0.2) is 0 Å². The zero-order chi connectivity index (χ0) is 22.2. The highest BCUT2D eigenvalue weighted by Gasteiger charge is 2.25. The maximum Gasteiger partial charge on any atom is 0.341 e. The third kappa shape index (κ3) is 3.43. The second-order valence-corrected chi connectivity index (χ2v) is 8.47. The summed E-state index contributed by atoms with van der Waals surface area (Å²) < 4.78 is 12.4. The van der Waals surface area contributed by atoms with Crippen LogP contribution in [0.2, 0.25) is 0 Å². The minimum absolute atomic E-state index is 0.404. The van der Waals surface area contributed by atoms with Gasteiger partial charge in [0.1, 0.15) is 22.8 Å². The molecule has 0 saturated carbocycles. The summed E-state index contributed by atoms with van der Waals surface area (Å²) in [6.45, 7) is 4.04. The molecule has 168 valence electrons. The van der Waals surface area contributed by atoms with Crippen LogP contribution >= 0.6 is 0 Å². The number of rotatable bonds is 5. The lowest BCUT2D eigenvalue weighted by Gasteiger charge is -2.21. The molecule has 2 aromatic heterocycles. The molecule has 0 bridgehead atoms. The molecule has 4 heterocycles. The number of benzene rings is 1. The lowest BCUT2D eigenvalue weighted by Crippen LogP contribution is -2.24. The van der Waals surface area contributed by atoms with Crippen LogP contribution in [0, 0.1) is 0 Å². The van der Waals surface area contributed by atoms with Gasteiger partial charge >= 0.3 is 5.97 Å². The van der Waals surface area contributed by atoms with Gasteiger partial charge in [0.2, 0.25) is 5.95 Å². The molecule has 5 rings (SSSR count). The van der Waals surface area contributed by atoms with E-state index in [1.807, 2.05) is 25.2 Å². The van der Waals surface area contributed by atoms with Crippen molar-refractivity contribution in [3.63, 3.8) is 0 Å². The fourth-order valence-electron chi connectivity index (χ4n) is 4.81. The van der Waals surface area contributed by atoms with E-state index in [0.717, 1.165) is 60.2 Å². The smallest absolute Gasteiger partial charge is 0.341 e. The molecule has 2 fully saturated rings. The first kappa shape index (κ1) is 20.6. The Kier molecular flexibility index (Phi) is 5.36. The van der Waals surface area contributed by atoms with Crippen molar-refractivity contribution < 1.29 is 14.3 Å². The second-order valence-electron chi connectivity index (χ2n) is 8.47. The average Bonchev–Trinajstić information content (AvgIpc) is 3.59. The molecule has 0 spiro atoms. The van der Waals surface area contributed by atoms with Crippen molar-refractivity contribution in [1.82, 2.24) is 14.5 Å². The van der Waals surface area contributed by atoms with Gasteiger partial charge in [-0.15, -0.1) is 0 Å². The van der Waals surface area contributed by atoms with Crippen LogP contribution in [0.1, 0.15) is 36.0 Å². The van der Waals surface area contributed by atoms with Crippen LogP contribution < -0.4 is 14.5 Å². The molecule has 32 heavy (non-hydrogen) atoms. The topological polar surface area (TPSA) is 72.7 Å². The number of fused-ring (bicyclic) bond motifs is 1. The molecule has 0 atom stereocenters.